The number of methoxy groups -OCH3 is 1. The van der Waals surface area contributed by atoms with E-state index in [1.54, 1.807) is 7.11 Å². The Morgan fingerprint density at radius 3 is 2.54 bits per heavy atom. The average Bonchev–Trinajstić information content (AvgIpc) is 2.73. The second-order valence-electron chi connectivity index (χ2n) is 7.14. The summed E-state index contributed by atoms with van der Waals surface area (Å²) in [5.74, 6) is 0.830. The number of piperazine rings is 1. The molecule has 0 aliphatic carbocycles. The van der Waals surface area contributed by atoms with Gasteiger partial charge in [0.15, 0.2) is 0 Å². The maximum absolute atomic E-state index is 12.1. The van der Waals surface area contributed by atoms with Crippen molar-refractivity contribution >= 4 is 17.3 Å². The highest BCUT2D eigenvalue weighted by Gasteiger charge is 2.13. The molecule has 6 nitrogen and oxygen atoms in total. The molecule has 0 bridgehead atoms. The lowest BCUT2D eigenvalue weighted by molar-refractivity contribution is -0.119. The molecule has 0 radical (unpaired) electrons. The summed E-state index contributed by atoms with van der Waals surface area (Å²) < 4.78 is 5.22. The summed E-state index contributed by atoms with van der Waals surface area (Å²) >= 11 is 0. The number of carbonyl (C=O) groups excluding carboxylic acids is 1. The van der Waals surface area contributed by atoms with E-state index in [-0.39, 0.29) is 12.5 Å². The molecule has 1 saturated heterocycles. The van der Waals surface area contributed by atoms with Gasteiger partial charge in [0.05, 0.1) is 13.7 Å². The van der Waals surface area contributed by atoms with E-state index in [4.69, 9.17) is 4.74 Å². The van der Waals surface area contributed by atoms with Crippen molar-refractivity contribution in [1.82, 2.24) is 10.2 Å². The van der Waals surface area contributed by atoms with Crippen molar-refractivity contribution in [1.29, 1.82) is 0 Å². The van der Waals surface area contributed by atoms with Crippen LogP contribution in [-0.2, 0) is 11.2 Å². The van der Waals surface area contributed by atoms with Crippen LogP contribution < -0.4 is 20.3 Å². The van der Waals surface area contributed by atoms with Crippen molar-refractivity contribution in [2.75, 3.05) is 63.6 Å². The molecule has 1 amide bonds. The summed E-state index contributed by atoms with van der Waals surface area (Å²) in [5.41, 5.74) is 3.34. The minimum Gasteiger partial charge on any atom is -0.497 e. The molecule has 1 aliphatic rings. The van der Waals surface area contributed by atoms with E-state index in [1.165, 1.54) is 5.69 Å². The fourth-order valence-corrected chi connectivity index (χ4v) is 3.27. The summed E-state index contributed by atoms with van der Waals surface area (Å²) in [6.45, 7) is 5.17. The average molecular weight is 383 g/mol. The quantitative estimate of drug-likeness (QED) is 0.733. The largest absolute Gasteiger partial charge is 0.497 e. The summed E-state index contributed by atoms with van der Waals surface area (Å²) in [4.78, 5) is 16.8. The molecule has 0 atom stereocenters. The number of ether oxygens (including phenoxy) is 1. The highest BCUT2D eigenvalue weighted by Crippen LogP contribution is 2.19. The van der Waals surface area contributed by atoms with Gasteiger partial charge in [-0.1, -0.05) is 12.1 Å². The molecule has 0 spiro atoms. The Hall–Kier alpha value is -2.73. The fourth-order valence-electron chi connectivity index (χ4n) is 3.27. The zero-order valence-electron chi connectivity index (χ0n) is 16.8. The van der Waals surface area contributed by atoms with E-state index in [1.807, 2.05) is 36.4 Å². The monoisotopic (exact) mass is 382 g/mol. The molecule has 6 heteroatoms. The van der Waals surface area contributed by atoms with Crippen LogP contribution in [0.2, 0.25) is 0 Å². The first-order valence-electron chi connectivity index (χ1n) is 9.81. The van der Waals surface area contributed by atoms with Gasteiger partial charge in [0, 0.05) is 44.1 Å². The van der Waals surface area contributed by atoms with Gasteiger partial charge in [-0.2, -0.15) is 0 Å². The number of carbonyl (C=O) groups is 1. The van der Waals surface area contributed by atoms with Crippen molar-refractivity contribution in [3.05, 3.63) is 54.1 Å². The molecule has 1 fully saturated rings. The molecule has 0 aromatic heterocycles. The molecule has 1 heterocycles. The molecular weight excluding hydrogens is 352 g/mol. The summed E-state index contributed by atoms with van der Waals surface area (Å²) in [6.07, 6.45) is 0.780. The molecule has 2 aromatic rings. The lowest BCUT2D eigenvalue weighted by Crippen LogP contribution is -2.44. The maximum atomic E-state index is 12.1. The van der Waals surface area contributed by atoms with Crippen molar-refractivity contribution in [3.63, 3.8) is 0 Å². The van der Waals surface area contributed by atoms with Gasteiger partial charge in [0.2, 0.25) is 5.91 Å². The summed E-state index contributed by atoms with van der Waals surface area (Å²) in [7, 11) is 3.82. The van der Waals surface area contributed by atoms with Gasteiger partial charge in [0.1, 0.15) is 5.75 Å². The highest BCUT2D eigenvalue weighted by molar-refractivity contribution is 5.80. The van der Waals surface area contributed by atoms with E-state index >= 15 is 0 Å². The Labute approximate surface area is 167 Å². The van der Waals surface area contributed by atoms with E-state index in [0.717, 1.165) is 49.6 Å². The molecular formula is C22H30N4O2. The standard InChI is InChI=1S/C22H30N4O2/c1-25-12-14-26(15-13-25)20-8-6-19(7-9-20)24-17-22(27)23-11-10-18-4-3-5-21(16-18)28-2/h3-9,16,24H,10-15,17H2,1-2H3,(H,23,27). The third-order valence-corrected chi connectivity index (χ3v) is 5.06. The second kappa shape index (κ2) is 9.99. The van der Waals surface area contributed by atoms with Gasteiger partial charge >= 0.3 is 0 Å². The second-order valence-corrected chi connectivity index (χ2v) is 7.14. The van der Waals surface area contributed by atoms with Gasteiger partial charge in [-0.15, -0.1) is 0 Å². The lowest BCUT2D eigenvalue weighted by Gasteiger charge is -2.34. The maximum Gasteiger partial charge on any atom is 0.239 e. The Bertz CT molecular complexity index is 755. The Morgan fingerprint density at radius 2 is 1.82 bits per heavy atom. The first kappa shape index (κ1) is 20.0. The topological polar surface area (TPSA) is 56.8 Å². The van der Waals surface area contributed by atoms with Crippen LogP contribution in [0.5, 0.6) is 5.75 Å². The van der Waals surface area contributed by atoms with E-state index < -0.39 is 0 Å². The first-order valence-corrected chi connectivity index (χ1v) is 9.81. The number of nitrogens with zero attached hydrogens (tertiary/aromatic N) is 2. The number of anilines is 2. The third-order valence-electron chi connectivity index (χ3n) is 5.06. The third kappa shape index (κ3) is 5.89. The molecule has 0 unspecified atom stereocenters. The van der Waals surface area contributed by atoms with Crippen LogP contribution in [0, 0.1) is 0 Å². The molecule has 1 aliphatic heterocycles. The molecule has 0 saturated carbocycles. The lowest BCUT2D eigenvalue weighted by atomic mass is 10.1. The first-order chi connectivity index (χ1) is 13.6. The number of amides is 1. The normalized spacial score (nSPS) is 14.6. The number of likely N-dealkylation sites (N-methyl/N-ethyl adjacent to an activating group) is 1. The number of benzene rings is 2. The van der Waals surface area contributed by atoms with Gasteiger partial charge in [-0.3, -0.25) is 4.79 Å². The molecule has 3 rings (SSSR count). The smallest absolute Gasteiger partial charge is 0.239 e. The Balaban J connectivity index is 1.38. The molecule has 2 aromatic carbocycles. The van der Waals surface area contributed by atoms with Crippen LogP contribution in [-0.4, -0.2) is 64.2 Å². The van der Waals surface area contributed by atoms with E-state index in [2.05, 4.69) is 39.6 Å². The zero-order chi connectivity index (χ0) is 19.8. The van der Waals surface area contributed by atoms with Crippen molar-refractivity contribution < 1.29 is 9.53 Å². The van der Waals surface area contributed by atoms with Crippen LogP contribution in [0.15, 0.2) is 48.5 Å². The van der Waals surface area contributed by atoms with Crippen LogP contribution in [0.25, 0.3) is 0 Å². The SMILES string of the molecule is COc1cccc(CCNC(=O)CNc2ccc(N3CCN(C)CC3)cc2)c1. The fraction of sp³-hybridized carbons (Fsp3) is 0.409. The zero-order valence-corrected chi connectivity index (χ0v) is 16.8. The van der Waals surface area contributed by atoms with Crippen LogP contribution in [0.1, 0.15) is 5.56 Å². The predicted molar refractivity (Wildman–Crippen MR) is 114 cm³/mol. The van der Waals surface area contributed by atoms with Crippen molar-refractivity contribution in [3.8, 4) is 5.75 Å². The number of hydrogen-bond acceptors (Lipinski definition) is 5. The van der Waals surface area contributed by atoms with Crippen molar-refractivity contribution in [2.45, 2.75) is 6.42 Å². The Kier molecular flexibility index (Phi) is 7.14. The van der Waals surface area contributed by atoms with Crippen LogP contribution in [0.4, 0.5) is 11.4 Å². The minimum absolute atomic E-state index is 0.00830. The number of hydrogen-bond donors (Lipinski definition) is 2. The summed E-state index contributed by atoms with van der Waals surface area (Å²) in [5, 5.41) is 6.14. The van der Waals surface area contributed by atoms with Crippen LogP contribution in [0.3, 0.4) is 0 Å². The highest BCUT2D eigenvalue weighted by atomic mass is 16.5. The molecule has 28 heavy (non-hydrogen) atoms. The van der Waals surface area contributed by atoms with Gasteiger partial charge < -0.3 is 25.2 Å². The summed E-state index contributed by atoms with van der Waals surface area (Å²) in [6, 6.07) is 16.2. The molecule has 150 valence electrons. The minimum atomic E-state index is -0.00830. The Morgan fingerprint density at radius 1 is 1.07 bits per heavy atom. The van der Waals surface area contributed by atoms with Crippen molar-refractivity contribution in [2.24, 2.45) is 0 Å². The molecule has 2 N–H and O–H groups in total. The van der Waals surface area contributed by atoms with E-state index in [9.17, 15) is 4.79 Å². The van der Waals surface area contributed by atoms with E-state index in [0.29, 0.717) is 6.54 Å². The number of rotatable bonds is 8. The van der Waals surface area contributed by atoms with Gasteiger partial charge in [-0.05, 0) is 55.4 Å². The van der Waals surface area contributed by atoms with Crippen LogP contribution >= 0.6 is 0 Å². The number of nitrogens with one attached hydrogen (secondary N) is 2. The van der Waals surface area contributed by atoms with Gasteiger partial charge in [-0.25, -0.2) is 0 Å². The predicted octanol–water partition coefficient (Wildman–Crippen LogP) is 2.22. The van der Waals surface area contributed by atoms with Gasteiger partial charge in [0.25, 0.3) is 0 Å².